The van der Waals surface area contributed by atoms with Crippen LogP contribution in [0, 0.1) is 0 Å². The van der Waals surface area contributed by atoms with Crippen LogP contribution in [0.1, 0.15) is 11.4 Å². The van der Waals surface area contributed by atoms with E-state index in [1.165, 1.54) is 5.56 Å². The first-order valence-corrected chi connectivity index (χ1v) is 4.95. The van der Waals surface area contributed by atoms with E-state index >= 15 is 0 Å². The molecule has 1 N–H and O–H groups in total. The Morgan fingerprint density at radius 3 is 2.50 bits per heavy atom. The molecule has 2 rings (SSSR count). The van der Waals surface area contributed by atoms with Crippen LogP contribution in [-0.4, -0.2) is 12.1 Å². The van der Waals surface area contributed by atoms with Gasteiger partial charge in [0.2, 0.25) is 0 Å². The molecule has 0 saturated heterocycles. The average Bonchev–Trinajstić information content (AvgIpc) is 2.61. The number of aryl methyl sites for hydroxylation is 1. The monoisotopic (exact) mass is 238 g/mol. The number of aromatic nitrogens is 2. The molecule has 0 saturated carbocycles. The van der Waals surface area contributed by atoms with Gasteiger partial charge in [0.15, 0.2) is 6.20 Å². The van der Waals surface area contributed by atoms with Crippen LogP contribution in [0.2, 0.25) is 0 Å². The molecule has 0 spiro atoms. The van der Waals surface area contributed by atoms with Crippen molar-refractivity contribution in [2.45, 2.75) is 6.42 Å². The van der Waals surface area contributed by atoms with E-state index in [9.17, 15) is 0 Å². The third kappa shape index (κ3) is 2.76. The quantitative estimate of drug-likeness (QED) is 0.645. The number of methoxy groups -OCH3 is 1. The second-order valence-electron chi connectivity index (χ2n) is 3.54. The molecule has 2 aromatic rings. The van der Waals surface area contributed by atoms with Crippen LogP contribution in [0.25, 0.3) is 0 Å². The zero-order chi connectivity index (χ0) is 10.7. The lowest BCUT2D eigenvalue weighted by molar-refractivity contribution is -0.677. The van der Waals surface area contributed by atoms with E-state index in [4.69, 9.17) is 4.74 Å². The molecule has 0 aliphatic heterocycles. The minimum atomic E-state index is 0. The van der Waals surface area contributed by atoms with Crippen molar-refractivity contribution < 1.29 is 21.7 Å². The van der Waals surface area contributed by atoms with E-state index < -0.39 is 0 Å². The fourth-order valence-electron chi connectivity index (χ4n) is 1.58. The number of ether oxygens (including phenoxy) is 1. The highest BCUT2D eigenvalue weighted by atomic mass is 35.5. The molecule has 1 heterocycles. The van der Waals surface area contributed by atoms with Crippen molar-refractivity contribution in [1.82, 2.24) is 4.98 Å². The standard InChI is InChI=1S/C12H14N2O.ClH/c1-14-9-12(15-2)13-11(14)8-10-6-4-3-5-7-10;/h3-7,9H,8H2,1-2H3;1H. The Kier molecular flexibility index (Phi) is 4.38. The largest absolute Gasteiger partial charge is 1.00 e. The predicted octanol–water partition coefficient (Wildman–Crippen LogP) is -1.56. The zero-order valence-electron chi connectivity index (χ0n) is 9.40. The maximum atomic E-state index is 5.14. The van der Waals surface area contributed by atoms with Gasteiger partial charge in [-0.2, -0.15) is 0 Å². The van der Waals surface area contributed by atoms with Crippen LogP contribution in [0.4, 0.5) is 0 Å². The summed E-state index contributed by atoms with van der Waals surface area (Å²) in [5.41, 5.74) is 1.29. The van der Waals surface area contributed by atoms with Gasteiger partial charge in [0.05, 0.1) is 20.6 Å². The summed E-state index contributed by atoms with van der Waals surface area (Å²) in [5.74, 6) is 1.93. The van der Waals surface area contributed by atoms with E-state index in [1.54, 1.807) is 7.11 Å². The first-order chi connectivity index (χ1) is 7.29. The number of hydrogen-bond acceptors (Lipinski definition) is 1. The topological polar surface area (TPSA) is 28.9 Å². The molecule has 0 bridgehead atoms. The van der Waals surface area contributed by atoms with Gasteiger partial charge in [0.1, 0.15) is 0 Å². The molecule has 0 unspecified atom stereocenters. The van der Waals surface area contributed by atoms with E-state index in [0.29, 0.717) is 0 Å². The lowest BCUT2D eigenvalue weighted by atomic mass is 10.1. The fraction of sp³-hybridized carbons (Fsp3) is 0.250. The molecule has 0 fully saturated rings. The van der Waals surface area contributed by atoms with Crippen molar-refractivity contribution >= 4 is 0 Å². The fourth-order valence-corrected chi connectivity index (χ4v) is 1.58. The van der Waals surface area contributed by atoms with Crippen molar-refractivity contribution in [2.75, 3.05) is 7.11 Å². The van der Waals surface area contributed by atoms with Gasteiger partial charge in [-0.1, -0.05) is 30.3 Å². The molecule has 0 aliphatic carbocycles. The number of rotatable bonds is 3. The molecule has 1 aromatic heterocycles. The van der Waals surface area contributed by atoms with E-state index in [1.807, 2.05) is 23.9 Å². The number of benzene rings is 1. The second kappa shape index (κ2) is 5.56. The Bertz CT molecular complexity index is 440. The van der Waals surface area contributed by atoms with Gasteiger partial charge >= 0.3 is 5.88 Å². The highest BCUT2D eigenvalue weighted by molar-refractivity contribution is 5.18. The van der Waals surface area contributed by atoms with Crippen molar-refractivity contribution in [3.63, 3.8) is 0 Å². The highest BCUT2D eigenvalue weighted by Gasteiger charge is 2.12. The minimum absolute atomic E-state index is 0. The molecular formula is C12H15ClN2O. The molecular weight excluding hydrogens is 224 g/mol. The SMILES string of the molecule is COc1c[n+](C)c(Cc2ccccc2)[nH]1.[Cl-]. The number of nitrogens with zero attached hydrogens (tertiary/aromatic N) is 1. The first-order valence-electron chi connectivity index (χ1n) is 4.95. The van der Waals surface area contributed by atoms with Crippen molar-refractivity contribution in [3.8, 4) is 5.88 Å². The normalized spacial score (nSPS) is 9.62. The summed E-state index contributed by atoms with van der Waals surface area (Å²) in [5, 5.41) is 0. The van der Waals surface area contributed by atoms with Gasteiger partial charge in [-0.05, 0) is 5.56 Å². The maximum Gasteiger partial charge on any atom is 0.322 e. The van der Waals surface area contributed by atoms with E-state index in [2.05, 4.69) is 29.2 Å². The number of H-pyrrole nitrogens is 1. The smallest absolute Gasteiger partial charge is 0.322 e. The lowest BCUT2D eigenvalue weighted by Crippen LogP contribution is -3.00. The third-order valence-corrected chi connectivity index (χ3v) is 2.44. The summed E-state index contributed by atoms with van der Waals surface area (Å²) in [4.78, 5) is 3.22. The average molecular weight is 239 g/mol. The molecule has 0 atom stereocenters. The molecule has 1 aromatic carbocycles. The van der Waals surface area contributed by atoms with Crippen molar-refractivity contribution in [3.05, 3.63) is 47.9 Å². The van der Waals surface area contributed by atoms with Crippen molar-refractivity contribution in [1.29, 1.82) is 0 Å². The van der Waals surface area contributed by atoms with Crippen LogP contribution < -0.4 is 21.7 Å². The number of halogens is 1. The predicted molar refractivity (Wildman–Crippen MR) is 57.8 cm³/mol. The lowest BCUT2D eigenvalue weighted by Gasteiger charge is -1.95. The maximum absolute atomic E-state index is 5.14. The highest BCUT2D eigenvalue weighted by Crippen LogP contribution is 2.08. The number of imidazole rings is 1. The third-order valence-electron chi connectivity index (χ3n) is 2.44. The first kappa shape index (κ1) is 12.6. The Balaban J connectivity index is 0.00000128. The van der Waals surface area contributed by atoms with Gasteiger partial charge in [-0.15, -0.1) is 0 Å². The summed E-state index contributed by atoms with van der Waals surface area (Å²) >= 11 is 0. The molecule has 4 heteroatoms. The van der Waals surface area contributed by atoms with Crippen LogP contribution in [0.3, 0.4) is 0 Å². The van der Waals surface area contributed by atoms with Gasteiger partial charge in [-0.25, -0.2) is 9.55 Å². The second-order valence-corrected chi connectivity index (χ2v) is 3.54. The summed E-state index contributed by atoms with van der Waals surface area (Å²) in [6.07, 6.45) is 2.83. The molecule has 16 heavy (non-hydrogen) atoms. The zero-order valence-corrected chi connectivity index (χ0v) is 10.2. The Morgan fingerprint density at radius 1 is 1.25 bits per heavy atom. The van der Waals surface area contributed by atoms with Gasteiger partial charge in [0, 0.05) is 0 Å². The summed E-state index contributed by atoms with van der Waals surface area (Å²) in [7, 11) is 3.68. The van der Waals surface area contributed by atoms with Gasteiger partial charge in [-0.3, -0.25) is 0 Å². The van der Waals surface area contributed by atoms with Gasteiger partial charge < -0.3 is 17.1 Å². The summed E-state index contributed by atoms with van der Waals surface area (Å²) in [6.45, 7) is 0. The van der Waals surface area contributed by atoms with Crippen LogP contribution in [-0.2, 0) is 13.5 Å². The Labute approximate surface area is 101 Å². The summed E-state index contributed by atoms with van der Waals surface area (Å²) in [6, 6.07) is 10.4. The summed E-state index contributed by atoms with van der Waals surface area (Å²) < 4.78 is 7.18. The number of hydrogen-bond donors (Lipinski definition) is 1. The Morgan fingerprint density at radius 2 is 1.94 bits per heavy atom. The number of nitrogens with one attached hydrogen (secondary N) is 1. The van der Waals surface area contributed by atoms with Gasteiger partial charge in [0.25, 0.3) is 5.82 Å². The van der Waals surface area contributed by atoms with E-state index in [0.717, 1.165) is 18.1 Å². The minimum Gasteiger partial charge on any atom is -1.00 e. The molecule has 0 aliphatic rings. The van der Waals surface area contributed by atoms with Crippen LogP contribution >= 0.6 is 0 Å². The number of aromatic amines is 1. The van der Waals surface area contributed by atoms with Crippen molar-refractivity contribution in [2.24, 2.45) is 7.05 Å². The molecule has 0 amide bonds. The molecule has 86 valence electrons. The molecule has 0 radical (unpaired) electrons. The van der Waals surface area contributed by atoms with Crippen LogP contribution in [0.5, 0.6) is 5.88 Å². The Hall–Kier alpha value is -1.48. The van der Waals surface area contributed by atoms with E-state index in [-0.39, 0.29) is 12.4 Å². The molecule has 3 nitrogen and oxygen atoms in total. The van der Waals surface area contributed by atoms with Crippen LogP contribution in [0.15, 0.2) is 36.5 Å².